The second kappa shape index (κ2) is 8.02. The Bertz CT molecular complexity index is 1080. The van der Waals surface area contributed by atoms with Crippen LogP contribution in [-0.4, -0.2) is 52.2 Å². The van der Waals surface area contributed by atoms with Gasteiger partial charge >= 0.3 is 6.03 Å². The summed E-state index contributed by atoms with van der Waals surface area (Å²) in [5, 5.41) is 7.08. The average Bonchev–Trinajstić information content (AvgIpc) is 3.53. The van der Waals surface area contributed by atoms with Gasteiger partial charge in [-0.15, -0.1) is 0 Å². The van der Waals surface area contributed by atoms with Crippen molar-refractivity contribution >= 4 is 17.5 Å². The van der Waals surface area contributed by atoms with Gasteiger partial charge in [0.1, 0.15) is 5.82 Å². The number of nitrogens with one attached hydrogen (secondary N) is 1. The quantitative estimate of drug-likeness (QED) is 0.690. The summed E-state index contributed by atoms with van der Waals surface area (Å²) in [6.45, 7) is 6.88. The Morgan fingerprint density at radius 3 is 2.55 bits per heavy atom. The predicted molar refractivity (Wildman–Crippen MR) is 118 cm³/mol. The molecule has 31 heavy (non-hydrogen) atoms. The van der Waals surface area contributed by atoms with E-state index in [2.05, 4.69) is 32.3 Å². The Balaban J connectivity index is 1.17. The number of hydrogen-bond donors (Lipinski definition) is 1. The molecule has 1 N–H and O–H groups in total. The molecule has 3 aromatic rings. The maximum absolute atomic E-state index is 12.6. The molecular formula is C23H26N6O2. The number of rotatable bonds is 4. The highest BCUT2D eigenvalue weighted by atomic mass is 16.5. The van der Waals surface area contributed by atoms with Gasteiger partial charge < -0.3 is 19.6 Å². The number of nitrogens with zero attached hydrogens (tertiary/aromatic N) is 5. The standard InChI is InChI=1S/C23H26N6O2/c1-15-3-7-19(13-16(15)2)25-23(30)29-11-9-28(10-12-29)20-8-6-18(14-24-20)21-26-22(31-27-21)17-4-5-17/h3,6-8,13-14,17H,4-5,9-12H2,1-2H3,(H,25,30). The smallest absolute Gasteiger partial charge is 0.321 e. The monoisotopic (exact) mass is 418 g/mol. The number of hydrogen-bond acceptors (Lipinski definition) is 6. The Morgan fingerprint density at radius 1 is 1.06 bits per heavy atom. The first-order chi connectivity index (χ1) is 15.1. The molecule has 1 aromatic carbocycles. The molecule has 0 atom stereocenters. The molecule has 5 rings (SSSR count). The van der Waals surface area contributed by atoms with E-state index in [4.69, 9.17) is 4.52 Å². The highest BCUT2D eigenvalue weighted by Gasteiger charge is 2.30. The summed E-state index contributed by atoms with van der Waals surface area (Å²) in [4.78, 5) is 25.7. The van der Waals surface area contributed by atoms with Crippen molar-refractivity contribution in [1.29, 1.82) is 0 Å². The summed E-state index contributed by atoms with van der Waals surface area (Å²) in [6, 6.07) is 9.87. The molecule has 2 fully saturated rings. The van der Waals surface area contributed by atoms with E-state index in [1.54, 1.807) is 6.20 Å². The summed E-state index contributed by atoms with van der Waals surface area (Å²) in [7, 11) is 0. The van der Waals surface area contributed by atoms with Gasteiger partial charge in [0.05, 0.1) is 0 Å². The molecule has 1 saturated carbocycles. The molecule has 8 heteroatoms. The first-order valence-corrected chi connectivity index (χ1v) is 10.7. The van der Waals surface area contributed by atoms with Gasteiger partial charge in [-0.3, -0.25) is 0 Å². The molecule has 160 valence electrons. The summed E-state index contributed by atoms with van der Waals surface area (Å²) in [6.07, 6.45) is 4.05. The van der Waals surface area contributed by atoms with Crippen molar-refractivity contribution in [3.8, 4) is 11.4 Å². The largest absolute Gasteiger partial charge is 0.353 e. The van der Waals surface area contributed by atoms with E-state index in [1.165, 1.54) is 11.1 Å². The fourth-order valence-electron chi connectivity index (χ4n) is 3.71. The zero-order valence-electron chi connectivity index (χ0n) is 17.8. The second-order valence-electron chi connectivity index (χ2n) is 8.34. The molecule has 0 radical (unpaired) electrons. The molecule has 3 heterocycles. The van der Waals surface area contributed by atoms with Gasteiger partial charge in [-0.2, -0.15) is 4.98 Å². The number of carbonyl (C=O) groups is 1. The first-order valence-electron chi connectivity index (χ1n) is 10.7. The Morgan fingerprint density at radius 2 is 1.87 bits per heavy atom. The Hall–Kier alpha value is -3.42. The minimum absolute atomic E-state index is 0.0604. The normalized spacial score (nSPS) is 16.5. The van der Waals surface area contributed by atoms with Crippen LogP contribution in [0.3, 0.4) is 0 Å². The Kier molecular flexibility index (Phi) is 5.05. The number of aryl methyl sites for hydroxylation is 2. The lowest BCUT2D eigenvalue weighted by molar-refractivity contribution is 0.208. The van der Waals surface area contributed by atoms with Crippen LogP contribution in [-0.2, 0) is 0 Å². The van der Waals surface area contributed by atoms with Crippen LogP contribution in [0.1, 0.15) is 35.8 Å². The average molecular weight is 419 g/mol. The molecule has 0 bridgehead atoms. The maximum Gasteiger partial charge on any atom is 0.321 e. The molecule has 2 aliphatic rings. The number of benzene rings is 1. The Labute approximate surface area is 181 Å². The highest BCUT2D eigenvalue weighted by molar-refractivity contribution is 5.89. The third kappa shape index (κ3) is 4.23. The summed E-state index contributed by atoms with van der Waals surface area (Å²) < 4.78 is 5.34. The summed E-state index contributed by atoms with van der Waals surface area (Å²) in [5.41, 5.74) is 4.07. The molecule has 2 amide bonds. The van der Waals surface area contributed by atoms with Gasteiger partial charge in [-0.1, -0.05) is 11.2 Å². The van der Waals surface area contributed by atoms with Crippen LogP contribution in [0, 0.1) is 13.8 Å². The molecule has 1 saturated heterocycles. The van der Waals surface area contributed by atoms with E-state index in [9.17, 15) is 4.79 Å². The van der Waals surface area contributed by atoms with Gasteiger partial charge in [-0.05, 0) is 62.1 Å². The summed E-state index contributed by atoms with van der Waals surface area (Å²) in [5.74, 6) is 2.66. The van der Waals surface area contributed by atoms with E-state index in [-0.39, 0.29) is 6.03 Å². The molecule has 1 aliphatic heterocycles. The molecule has 1 aliphatic carbocycles. The lowest BCUT2D eigenvalue weighted by Gasteiger charge is -2.35. The van der Waals surface area contributed by atoms with Crippen molar-refractivity contribution in [2.75, 3.05) is 36.4 Å². The van der Waals surface area contributed by atoms with E-state index in [0.717, 1.165) is 48.9 Å². The maximum atomic E-state index is 12.6. The van der Waals surface area contributed by atoms with Gasteiger partial charge in [0.2, 0.25) is 11.7 Å². The zero-order valence-corrected chi connectivity index (χ0v) is 17.8. The number of pyridine rings is 1. The number of carbonyl (C=O) groups excluding carboxylic acids is 1. The fourth-order valence-corrected chi connectivity index (χ4v) is 3.71. The van der Waals surface area contributed by atoms with E-state index < -0.39 is 0 Å². The molecule has 0 unspecified atom stereocenters. The highest BCUT2D eigenvalue weighted by Crippen LogP contribution is 2.39. The number of amides is 2. The zero-order chi connectivity index (χ0) is 21.4. The van der Waals surface area contributed by atoms with Crippen molar-refractivity contribution in [2.24, 2.45) is 0 Å². The van der Waals surface area contributed by atoms with Crippen LogP contribution in [0.4, 0.5) is 16.3 Å². The SMILES string of the molecule is Cc1ccc(NC(=O)N2CCN(c3ccc(-c4noc(C5CC5)n4)cn3)CC2)cc1C. The van der Waals surface area contributed by atoms with Gasteiger partial charge in [0.15, 0.2) is 0 Å². The molecule has 8 nitrogen and oxygen atoms in total. The topological polar surface area (TPSA) is 87.4 Å². The minimum atomic E-state index is -0.0604. The molecule has 0 spiro atoms. The van der Waals surface area contributed by atoms with Gasteiger partial charge in [0, 0.05) is 49.5 Å². The van der Waals surface area contributed by atoms with Crippen LogP contribution < -0.4 is 10.2 Å². The van der Waals surface area contributed by atoms with Gasteiger partial charge in [0.25, 0.3) is 0 Å². The van der Waals surface area contributed by atoms with Crippen LogP contribution >= 0.6 is 0 Å². The van der Waals surface area contributed by atoms with Crippen molar-refractivity contribution < 1.29 is 9.32 Å². The van der Waals surface area contributed by atoms with E-state index in [1.807, 2.05) is 42.2 Å². The van der Waals surface area contributed by atoms with Crippen LogP contribution in [0.2, 0.25) is 0 Å². The lowest BCUT2D eigenvalue weighted by atomic mass is 10.1. The number of aromatic nitrogens is 3. The van der Waals surface area contributed by atoms with Crippen LogP contribution in [0.5, 0.6) is 0 Å². The number of urea groups is 1. The first kappa shape index (κ1) is 19.5. The predicted octanol–water partition coefficient (Wildman–Crippen LogP) is 3.98. The van der Waals surface area contributed by atoms with Crippen molar-refractivity contribution in [3.63, 3.8) is 0 Å². The fraction of sp³-hybridized carbons (Fsp3) is 0.391. The van der Waals surface area contributed by atoms with Gasteiger partial charge in [-0.25, -0.2) is 9.78 Å². The third-order valence-corrected chi connectivity index (χ3v) is 6.02. The van der Waals surface area contributed by atoms with E-state index in [0.29, 0.717) is 24.8 Å². The summed E-state index contributed by atoms with van der Waals surface area (Å²) >= 11 is 0. The number of anilines is 2. The van der Waals surface area contributed by atoms with Crippen molar-refractivity contribution in [3.05, 3.63) is 53.5 Å². The minimum Gasteiger partial charge on any atom is -0.353 e. The van der Waals surface area contributed by atoms with Crippen molar-refractivity contribution in [2.45, 2.75) is 32.6 Å². The van der Waals surface area contributed by atoms with Crippen LogP contribution in [0.15, 0.2) is 41.1 Å². The number of piperazine rings is 1. The molecule has 2 aromatic heterocycles. The third-order valence-electron chi connectivity index (χ3n) is 6.02. The second-order valence-corrected chi connectivity index (χ2v) is 8.34. The van der Waals surface area contributed by atoms with Crippen molar-refractivity contribution in [1.82, 2.24) is 20.0 Å². The molecular weight excluding hydrogens is 392 g/mol. The lowest BCUT2D eigenvalue weighted by Crippen LogP contribution is -2.50. The van der Waals surface area contributed by atoms with Crippen LogP contribution in [0.25, 0.3) is 11.4 Å². The van der Waals surface area contributed by atoms with E-state index >= 15 is 0 Å².